The molecule has 1 atom stereocenters. The maximum absolute atomic E-state index is 13.3. The number of aromatic nitrogens is 2. The summed E-state index contributed by atoms with van der Waals surface area (Å²) in [5, 5.41) is 7.91. The van der Waals surface area contributed by atoms with Crippen molar-refractivity contribution >= 4 is 44.8 Å². The summed E-state index contributed by atoms with van der Waals surface area (Å²) in [5.74, 6) is 0.676. The van der Waals surface area contributed by atoms with Crippen LogP contribution < -0.4 is 10.1 Å². The van der Waals surface area contributed by atoms with Gasteiger partial charge in [0.2, 0.25) is 27.6 Å². The number of amides is 1. The van der Waals surface area contributed by atoms with E-state index in [-0.39, 0.29) is 16.7 Å². The smallest absolute Gasteiger partial charge is 0.243 e. The van der Waals surface area contributed by atoms with E-state index in [1.807, 2.05) is 0 Å². The third-order valence-corrected chi connectivity index (χ3v) is 9.70. The molecule has 10 nitrogen and oxygen atoms in total. The first kappa shape index (κ1) is 28.8. The van der Waals surface area contributed by atoms with Crippen LogP contribution in [0.15, 0.2) is 45.8 Å². The predicted molar refractivity (Wildman–Crippen MR) is 152 cm³/mol. The van der Waals surface area contributed by atoms with Gasteiger partial charge >= 0.3 is 0 Å². The molecular formula is C27H31Cl2N5O5S. The Morgan fingerprint density at radius 2 is 1.90 bits per heavy atom. The molecule has 5 rings (SSSR count). The molecule has 40 heavy (non-hydrogen) atoms. The number of nitrogens with zero attached hydrogens (tertiary/aromatic N) is 4. The topological polar surface area (TPSA) is 118 Å². The van der Waals surface area contributed by atoms with E-state index < -0.39 is 10.0 Å². The second-order valence-electron chi connectivity index (χ2n) is 10.0. The minimum absolute atomic E-state index is 0.142. The van der Waals surface area contributed by atoms with E-state index in [1.54, 1.807) is 24.3 Å². The van der Waals surface area contributed by atoms with Crippen molar-refractivity contribution in [3.8, 4) is 17.1 Å². The monoisotopic (exact) mass is 607 g/mol. The standard InChI is InChI=1S/C27H31Cl2N5O5S/c1-38-24-10-8-20(40(36,37)34-12-3-2-4-13-34)15-23(24)30-27(35)18-6-5-11-33(16-18)17-25-31-26(32-39-25)21-9-7-19(28)14-22(21)29/h7-10,14-15,18H,2-6,11-13,16-17H2,1H3,(H,30,35). The first-order valence-corrected chi connectivity index (χ1v) is 15.4. The molecule has 3 heterocycles. The zero-order valence-electron chi connectivity index (χ0n) is 22.1. The van der Waals surface area contributed by atoms with Crippen LogP contribution in [0, 0.1) is 5.92 Å². The summed E-state index contributed by atoms with van der Waals surface area (Å²) >= 11 is 12.3. The van der Waals surface area contributed by atoms with Gasteiger partial charge in [0.1, 0.15) is 5.75 Å². The van der Waals surface area contributed by atoms with Crippen LogP contribution in [0.1, 0.15) is 38.0 Å². The number of ether oxygens (including phenoxy) is 1. The quantitative estimate of drug-likeness (QED) is 0.377. The number of hydrogen-bond acceptors (Lipinski definition) is 8. The van der Waals surface area contributed by atoms with Gasteiger partial charge in [-0.15, -0.1) is 0 Å². The lowest BCUT2D eigenvalue weighted by atomic mass is 9.97. The molecule has 1 N–H and O–H groups in total. The first-order valence-electron chi connectivity index (χ1n) is 13.2. The van der Waals surface area contributed by atoms with Crippen LogP contribution in [0.3, 0.4) is 0 Å². The van der Waals surface area contributed by atoms with Crippen molar-refractivity contribution in [1.29, 1.82) is 0 Å². The number of halogens is 2. The highest BCUT2D eigenvalue weighted by atomic mass is 35.5. The van der Waals surface area contributed by atoms with E-state index >= 15 is 0 Å². The number of benzene rings is 2. The maximum atomic E-state index is 13.3. The molecule has 0 bridgehead atoms. The fourth-order valence-electron chi connectivity index (χ4n) is 5.14. The summed E-state index contributed by atoms with van der Waals surface area (Å²) in [4.78, 5) is 20.0. The molecule has 0 radical (unpaired) electrons. The van der Waals surface area contributed by atoms with Crippen molar-refractivity contribution in [2.75, 3.05) is 38.6 Å². The lowest BCUT2D eigenvalue weighted by molar-refractivity contribution is -0.121. The van der Waals surface area contributed by atoms with Gasteiger partial charge in [-0.3, -0.25) is 9.69 Å². The summed E-state index contributed by atoms with van der Waals surface area (Å²) in [6, 6.07) is 9.66. The third-order valence-electron chi connectivity index (χ3n) is 7.26. The molecule has 0 saturated carbocycles. The van der Waals surface area contributed by atoms with Crippen molar-refractivity contribution < 1.29 is 22.5 Å². The molecule has 0 spiro atoms. The number of likely N-dealkylation sites (tertiary alicyclic amines) is 1. The van der Waals surface area contributed by atoms with E-state index in [1.165, 1.54) is 23.5 Å². The molecule has 13 heteroatoms. The average Bonchev–Trinajstić information content (AvgIpc) is 3.41. The van der Waals surface area contributed by atoms with Crippen LogP contribution in [0.2, 0.25) is 10.0 Å². The van der Waals surface area contributed by atoms with Gasteiger partial charge in [-0.05, 0) is 68.6 Å². The molecule has 0 aliphatic carbocycles. The minimum Gasteiger partial charge on any atom is -0.495 e. The van der Waals surface area contributed by atoms with E-state index in [0.717, 1.165) is 32.2 Å². The molecule has 2 saturated heterocycles. The summed E-state index contributed by atoms with van der Waals surface area (Å²) in [7, 11) is -2.17. The van der Waals surface area contributed by atoms with Gasteiger partial charge in [-0.25, -0.2) is 8.42 Å². The van der Waals surface area contributed by atoms with Crippen LogP contribution in [0.25, 0.3) is 11.4 Å². The number of nitrogens with one attached hydrogen (secondary N) is 1. The van der Waals surface area contributed by atoms with E-state index in [9.17, 15) is 13.2 Å². The lowest BCUT2D eigenvalue weighted by Gasteiger charge is -2.31. The van der Waals surface area contributed by atoms with Crippen molar-refractivity contribution in [3.63, 3.8) is 0 Å². The van der Waals surface area contributed by atoms with Crippen LogP contribution >= 0.6 is 23.2 Å². The molecular weight excluding hydrogens is 577 g/mol. The Labute approximate surface area is 243 Å². The Hall–Kier alpha value is -2.70. The Morgan fingerprint density at radius 3 is 2.65 bits per heavy atom. The number of methoxy groups -OCH3 is 1. The molecule has 2 aliphatic heterocycles. The zero-order valence-corrected chi connectivity index (χ0v) is 24.4. The summed E-state index contributed by atoms with van der Waals surface area (Å²) < 4.78 is 38.8. The number of anilines is 1. The number of hydrogen-bond donors (Lipinski definition) is 1. The summed E-state index contributed by atoms with van der Waals surface area (Å²) in [5.41, 5.74) is 0.958. The van der Waals surface area contributed by atoms with Crippen LogP contribution in [0.4, 0.5) is 5.69 Å². The second-order valence-corrected chi connectivity index (χ2v) is 12.8. The molecule has 2 aromatic carbocycles. The maximum Gasteiger partial charge on any atom is 0.243 e. The molecule has 2 fully saturated rings. The van der Waals surface area contributed by atoms with Crippen LogP contribution in [-0.2, 0) is 21.4 Å². The summed E-state index contributed by atoms with van der Waals surface area (Å²) in [6.45, 7) is 2.65. The number of piperidine rings is 2. The Bertz CT molecular complexity index is 1480. The molecule has 1 aromatic heterocycles. The van der Waals surface area contributed by atoms with Gasteiger partial charge in [-0.1, -0.05) is 34.8 Å². The third kappa shape index (κ3) is 6.44. The molecule has 3 aromatic rings. The van der Waals surface area contributed by atoms with Gasteiger partial charge in [0.05, 0.1) is 35.2 Å². The van der Waals surface area contributed by atoms with Gasteiger partial charge in [0, 0.05) is 30.2 Å². The van der Waals surface area contributed by atoms with Gasteiger partial charge in [0.15, 0.2) is 0 Å². The fraction of sp³-hybridized carbons (Fsp3) is 0.444. The first-order chi connectivity index (χ1) is 19.2. The van der Waals surface area contributed by atoms with E-state index in [4.69, 9.17) is 32.5 Å². The molecule has 2 aliphatic rings. The van der Waals surface area contributed by atoms with Crippen molar-refractivity contribution in [2.45, 2.75) is 43.5 Å². The molecule has 1 amide bonds. The highest BCUT2D eigenvalue weighted by molar-refractivity contribution is 7.89. The predicted octanol–water partition coefficient (Wildman–Crippen LogP) is 5.08. The molecule has 1 unspecified atom stereocenters. The number of carbonyl (C=O) groups excluding carboxylic acids is 1. The number of carbonyl (C=O) groups is 1. The zero-order chi connectivity index (χ0) is 28.3. The van der Waals surface area contributed by atoms with Crippen molar-refractivity contribution in [3.05, 3.63) is 52.3 Å². The second kappa shape index (κ2) is 12.4. The van der Waals surface area contributed by atoms with Gasteiger partial charge in [0.25, 0.3) is 0 Å². The van der Waals surface area contributed by atoms with Crippen LogP contribution in [0.5, 0.6) is 5.75 Å². The number of rotatable bonds is 8. The van der Waals surface area contributed by atoms with E-state index in [0.29, 0.717) is 71.4 Å². The van der Waals surface area contributed by atoms with E-state index in [2.05, 4.69) is 20.4 Å². The Morgan fingerprint density at radius 1 is 1.10 bits per heavy atom. The normalized spacial score (nSPS) is 18.9. The van der Waals surface area contributed by atoms with Crippen molar-refractivity contribution in [1.82, 2.24) is 19.3 Å². The highest BCUT2D eigenvalue weighted by Gasteiger charge is 2.30. The Balaban J connectivity index is 1.25. The Kier molecular flexibility index (Phi) is 8.96. The SMILES string of the molecule is COc1ccc(S(=O)(=O)N2CCCCC2)cc1NC(=O)C1CCCN(Cc2nc(-c3ccc(Cl)cc3Cl)no2)C1. The fourth-order valence-corrected chi connectivity index (χ4v) is 7.17. The number of sulfonamides is 1. The van der Waals surface area contributed by atoms with Crippen LogP contribution in [-0.4, -0.2) is 67.0 Å². The molecule has 214 valence electrons. The minimum atomic E-state index is -3.66. The van der Waals surface area contributed by atoms with Gasteiger partial charge < -0.3 is 14.6 Å². The lowest BCUT2D eigenvalue weighted by Crippen LogP contribution is -2.40. The average molecular weight is 609 g/mol. The summed E-state index contributed by atoms with van der Waals surface area (Å²) in [6.07, 6.45) is 4.22. The van der Waals surface area contributed by atoms with Crippen molar-refractivity contribution in [2.24, 2.45) is 5.92 Å². The highest BCUT2D eigenvalue weighted by Crippen LogP contribution is 2.32. The largest absolute Gasteiger partial charge is 0.495 e. The van der Waals surface area contributed by atoms with Gasteiger partial charge in [-0.2, -0.15) is 9.29 Å².